The van der Waals surface area contributed by atoms with Crippen LogP contribution in [0.25, 0.3) is 0 Å². The monoisotopic (exact) mass is 1440 g/mol. The molecule has 4 heterocycles. The summed E-state index contributed by atoms with van der Waals surface area (Å²) in [7, 11) is 2.96. The minimum Gasteiger partial charge on any atom is -0.378 e. The fourth-order valence-corrected chi connectivity index (χ4v) is 14.2. The Bertz CT molecular complexity index is 3700. The zero-order valence-corrected chi connectivity index (χ0v) is 60.0. The number of piperidine rings is 2. The molecule has 4 aliphatic rings. The number of hydrogen-bond acceptors (Lipinski definition) is 15. The summed E-state index contributed by atoms with van der Waals surface area (Å²) in [4.78, 5) is 146. The standard InChI is InChI=1S/C80H96F2N12O11/c1-87(75(101)35-33-71(97)85-65-29-17-59(18-30-65)37-47-91-57-93(67-11-5-3-6-12-67)79(77(91)103)39-49-89(50-40-79)45-9-15-69(95)61-21-25-63(81)26-22-61)55-73(99)83-43-53-105-54-44-84-74(100)56-88(2)76(102)36-34-72(98)86-66-31-19-60(20-32-66)38-48-92-58-94(68-13-7-4-8-14-68)80(78(92)104)41-51-90(52-42-80)46-10-16-70(96)62-23-27-64(82)28-24-62/h3-8,11-14,17-32H,9-10,15-16,33-58H2,1-2H3,(H,83,99)(H,84,100)(H,85,97)(H,86,98). The maximum absolute atomic E-state index is 14.4. The van der Waals surface area contributed by atoms with Crippen LogP contribution < -0.4 is 31.1 Å². The summed E-state index contributed by atoms with van der Waals surface area (Å²) >= 11 is 0. The highest BCUT2D eigenvalue weighted by Crippen LogP contribution is 2.41. The van der Waals surface area contributed by atoms with Crippen LogP contribution in [0.2, 0.25) is 0 Å². The molecule has 6 aromatic rings. The third kappa shape index (κ3) is 21.5. The average molecular weight is 1440 g/mol. The number of benzene rings is 6. The molecule has 2 spiro atoms. The van der Waals surface area contributed by atoms with Gasteiger partial charge in [-0.1, -0.05) is 60.7 Å². The van der Waals surface area contributed by atoms with E-state index in [1.165, 1.54) is 72.4 Å². The Morgan fingerprint density at radius 3 is 1.16 bits per heavy atom. The first-order valence-electron chi connectivity index (χ1n) is 36.4. The third-order valence-electron chi connectivity index (χ3n) is 20.3. The van der Waals surface area contributed by atoms with Crippen molar-refractivity contribution in [1.82, 2.24) is 40.0 Å². The Morgan fingerprint density at radius 2 is 0.800 bits per heavy atom. The van der Waals surface area contributed by atoms with Gasteiger partial charge in [0.15, 0.2) is 11.6 Å². The molecule has 0 atom stereocenters. The van der Waals surface area contributed by atoms with E-state index in [0.29, 0.717) is 139 Å². The van der Waals surface area contributed by atoms with Crippen molar-refractivity contribution in [3.63, 3.8) is 0 Å². The molecule has 4 aliphatic heterocycles. The number of halogens is 2. The van der Waals surface area contributed by atoms with Crippen molar-refractivity contribution in [3.05, 3.63) is 192 Å². The van der Waals surface area contributed by atoms with Crippen LogP contribution in [0.1, 0.15) is 109 Å². The number of nitrogens with zero attached hydrogens (tertiary/aromatic N) is 8. The van der Waals surface area contributed by atoms with E-state index >= 15 is 0 Å². The number of para-hydroxylation sites is 2. The number of hydrogen-bond donors (Lipinski definition) is 4. The Balaban J connectivity index is 0.542. The minimum absolute atomic E-state index is 0.0149. The smallest absolute Gasteiger partial charge is 0.250 e. The van der Waals surface area contributed by atoms with Crippen LogP contribution in [0.4, 0.5) is 31.5 Å². The topological polar surface area (TPSA) is 254 Å². The molecule has 0 bridgehead atoms. The summed E-state index contributed by atoms with van der Waals surface area (Å²) in [6, 6.07) is 46.0. The second kappa shape index (κ2) is 37.5. The first-order chi connectivity index (χ1) is 50.7. The molecule has 23 nitrogen and oxygen atoms in total. The normalized spacial score (nSPS) is 15.6. The van der Waals surface area contributed by atoms with Crippen molar-refractivity contribution >= 4 is 81.6 Å². The second-order valence-electron chi connectivity index (χ2n) is 27.6. The molecule has 4 saturated heterocycles. The molecule has 8 amide bonds. The number of Topliss-reactive ketones (excluding diaryl/α,β-unsaturated/α-hetero) is 2. The number of amides is 8. The molecule has 0 aromatic heterocycles. The van der Waals surface area contributed by atoms with Gasteiger partial charge < -0.3 is 65.2 Å². The van der Waals surface area contributed by atoms with Crippen molar-refractivity contribution in [2.45, 2.75) is 101 Å². The van der Waals surface area contributed by atoms with Gasteiger partial charge in [-0.3, -0.25) is 47.9 Å². The van der Waals surface area contributed by atoms with Crippen molar-refractivity contribution in [1.29, 1.82) is 0 Å². The summed E-state index contributed by atoms with van der Waals surface area (Å²) in [5.41, 5.74) is 4.70. The van der Waals surface area contributed by atoms with Crippen LogP contribution in [0.3, 0.4) is 0 Å². The number of nitrogens with one attached hydrogen (secondary N) is 4. The fraction of sp³-hybridized carbons (Fsp3) is 0.425. The Labute approximate surface area is 612 Å². The zero-order valence-electron chi connectivity index (χ0n) is 60.0. The Kier molecular flexibility index (Phi) is 27.6. The average Bonchev–Trinajstić information content (AvgIpc) is 1.70. The van der Waals surface area contributed by atoms with Gasteiger partial charge in [-0.2, -0.15) is 0 Å². The summed E-state index contributed by atoms with van der Waals surface area (Å²) in [5, 5.41) is 11.0. The molecule has 556 valence electrons. The molecule has 4 N–H and O–H groups in total. The highest BCUT2D eigenvalue weighted by atomic mass is 19.1. The summed E-state index contributed by atoms with van der Waals surface area (Å²) < 4.78 is 32.3. The van der Waals surface area contributed by atoms with Crippen LogP contribution in [0.5, 0.6) is 0 Å². The molecule has 25 heteroatoms. The van der Waals surface area contributed by atoms with E-state index in [0.717, 1.165) is 35.6 Å². The van der Waals surface area contributed by atoms with Gasteiger partial charge in [-0.05, 0) is 173 Å². The molecular weight excluding hydrogens is 1340 g/mol. The summed E-state index contributed by atoms with van der Waals surface area (Å²) in [6.45, 7) is 6.31. The number of ketones is 2. The first-order valence-corrected chi connectivity index (χ1v) is 36.4. The van der Waals surface area contributed by atoms with Gasteiger partial charge in [0.25, 0.3) is 0 Å². The minimum atomic E-state index is -0.683. The number of carbonyl (C=O) groups is 10. The lowest BCUT2D eigenvalue weighted by atomic mass is 9.85. The van der Waals surface area contributed by atoms with Gasteiger partial charge in [-0.15, -0.1) is 0 Å². The van der Waals surface area contributed by atoms with Crippen molar-refractivity contribution < 1.29 is 61.5 Å². The lowest BCUT2D eigenvalue weighted by Crippen LogP contribution is -2.56. The predicted molar refractivity (Wildman–Crippen MR) is 396 cm³/mol. The molecule has 4 fully saturated rings. The van der Waals surface area contributed by atoms with E-state index in [9.17, 15) is 56.7 Å². The Morgan fingerprint density at radius 1 is 0.438 bits per heavy atom. The van der Waals surface area contributed by atoms with Crippen molar-refractivity contribution in [3.8, 4) is 0 Å². The van der Waals surface area contributed by atoms with Gasteiger partial charge in [-0.25, -0.2) is 8.78 Å². The largest absolute Gasteiger partial charge is 0.378 e. The maximum atomic E-state index is 14.4. The van der Waals surface area contributed by atoms with Crippen LogP contribution in [-0.2, 0) is 55.9 Å². The molecule has 0 radical (unpaired) electrons. The van der Waals surface area contributed by atoms with E-state index in [1.807, 2.05) is 94.7 Å². The van der Waals surface area contributed by atoms with Crippen LogP contribution in [-0.4, -0.2) is 218 Å². The molecular formula is C80H96F2N12O11. The number of ether oxygens (including phenoxy) is 1. The summed E-state index contributed by atoms with van der Waals surface area (Å²) in [6.07, 6.45) is 5.43. The molecule has 10 rings (SSSR count). The second-order valence-corrected chi connectivity index (χ2v) is 27.6. The van der Waals surface area contributed by atoms with Gasteiger partial charge >= 0.3 is 0 Å². The van der Waals surface area contributed by atoms with Gasteiger partial charge in [0, 0.05) is 139 Å². The van der Waals surface area contributed by atoms with Crippen molar-refractivity contribution in [2.24, 2.45) is 0 Å². The molecule has 0 unspecified atom stereocenters. The zero-order chi connectivity index (χ0) is 74.3. The lowest BCUT2D eigenvalue weighted by molar-refractivity contribution is -0.135. The van der Waals surface area contributed by atoms with Gasteiger partial charge in [0.1, 0.15) is 22.7 Å². The highest BCUT2D eigenvalue weighted by molar-refractivity contribution is 5.98. The van der Waals surface area contributed by atoms with Crippen LogP contribution in [0, 0.1) is 11.6 Å². The number of rotatable bonds is 36. The molecule has 0 aliphatic carbocycles. The lowest BCUT2D eigenvalue weighted by Gasteiger charge is -2.43. The quantitative estimate of drug-likeness (QED) is 0.0215. The number of anilines is 4. The molecule has 0 saturated carbocycles. The number of likely N-dealkylation sites (N-methyl/N-ethyl adjacent to an activating group) is 2. The summed E-state index contributed by atoms with van der Waals surface area (Å²) in [5.74, 6) is -2.93. The highest BCUT2D eigenvalue weighted by Gasteiger charge is 2.55. The predicted octanol–water partition coefficient (Wildman–Crippen LogP) is 7.96. The Hall–Kier alpha value is -10.2. The number of likely N-dealkylation sites (tertiary alicyclic amines) is 2. The maximum Gasteiger partial charge on any atom is 0.250 e. The SMILES string of the molecule is CN(CC(=O)NCCOCCNC(=O)CN(C)C(=O)CCC(=O)Nc1ccc(CCN2CN(c3ccccc3)C3(CCN(CCCC(=O)c4ccc(F)cc4)CC3)C2=O)cc1)C(=O)CCC(=O)Nc1ccc(CCN2CN(c3ccccc3)C3(CCN(CCCC(=O)c4ccc(F)cc4)CC3)C2=O)cc1. The fourth-order valence-electron chi connectivity index (χ4n) is 14.2. The van der Waals surface area contributed by atoms with E-state index in [1.54, 1.807) is 24.3 Å². The third-order valence-corrected chi connectivity index (χ3v) is 20.3. The van der Waals surface area contributed by atoms with E-state index in [4.69, 9.17) is 4.74 Å². The number of carbonyl (C=O) groups excluding carboxylic acids is 10. The molecule has 6 aromatic carbocycles. The van der Waals surface area contributed by atoms with E-state index in [-0.39, 0.29) is 124 Å². The first kappa shape index (κ1) is 77.4. The van der Waals surface area contributed by atoms with Gasteiger partial charge in [0.2, 0.25) is 47.3 Å². The van der Waals surface area contributed by atoms with Crippen LogP contribution >= 0.6 is 0 Å². The van der Waals surface area contributed by atoms with E-state index < -0.39 is 22.9 Å². The molecule has 105 heavy (non-hydrogen) atoms. The van der Waals surface area contributed by atoms with Crippen molar-refractivity contribution in [2.75, 3.05) is 140 Å². The van der Waals surface area contributed by atoms with E-state index in [2.05, 4.69) is 40.9 Å². The van der Waals surface area contributed by atoms with Gasteiger partial charge in [0.05, 0.1) is 39.6 Å². The van der Waals surface area contributed by atoms with Crippen LogP contribution in [0.15, 0.2) is 158 Å².